The smallest absolute Gasteiger partial charge is 0.410 e. The van der Waals surface area contributed by atoms with Crippen LogP contribution in [0, 0.1) is 5.41 Å². The Morgan fingerprint density at radius 2 is 1.77 bits per heavy atom. The Hall–Kier alpha value is -2.28. The summed E-state index contributed by atoms with van der Waals surface area (Å²) in [6.07, 6.45) is 3.45. The highest BCUT2D eigenvalue weighted by Crippen LogP contribution is 2.47. The second-order valence-corrected chi connectivity index (χ2v) is 10.7. The number of anilines is 2. The van der Waals surface area contributed by atoms with E-state index in [0.29, 0.717) is 13.2 Å². The maximum atomic E-state index is 12.8. The average molecular weight is 428 g/mol. The van der Waals surface area contributed by atoms with Gasteiger partial charge in [0.25, 0.3) is 0 Å². The monoisotopic (exact) mass is 427 g/mol. The quantitative estimate of drug-likeness (QED) is 0.743. The van der Waals surface area contributed by atoms with Gasteiger partial charge >= 0.3 is 6.09 Å². The molecule has 7 heteroatoms. The minimum atomic E-state index is -0.449. The van der Waals surface area contributed by atoms with Gasteiger partial charge in [-0.1, -0.05) is 6.07 Å². The van der Waals surface area contributed by atoms with E-state index in [1.54, 1.807) is 0 Å². The number of hydrogen-bond acceptors (Lipinski definition) is 5. The molecule has 0 unspecified atom stereocenters. The van der Waals surface area contributed by atoms with Gasteiger partial charge in [-0.2, -0.15) is 0 Å². The second kappa shape index (κ2) is 7.12. The molecule has 0 aliphatic carbocycles. The van der Waals surface area contributed by atoms with Crippen LogP contribution in [0.1, 0.15) is 52.0 Å². The van der Waals surface area contributed by atoms with Crippen molar-refractivity contribution in [3.8, 4) is 0 Å². The molecule has 1 aromatic carbocycles. The van der Waals surface area contributed by atoms with Crippen molar-refractivity contribution in [3.05, 3.63) is 23.8 Å². The Labute approximate surface area is 184 Å². The molecule has 7 nitrogen and oxygen atoms in total. The van der Waals surface area contributed by atoms with E-state index in [4.69, 9.17) is 9.47 Å². The summed E-state index contributed by atoms with van der Waals surface area (Å²) in [7, 11) is 0. The molecule has 1 aromatic rings. The van der Waals surface area contributed by atoms with Gasteiger partial charge in [0.15, 0.2) is 0 Å². The van der Waals surface area contributed by atoms with Crippen molar-refractivity contribution >= 4 is 23.4 Å². The standard InChI is InChI=1S/C24H33N3O4/c1-22(2,3)31-21(29)27-15-23(16-27)6-10-26(11-7-23)17-4-5-18-19(14-17)25-20(28)24(18)8-12-30-13-9-24/h4-5,14H,6-13,15-16H2,1-3H3,(H,25,28). The van der Waals surface area contributed by atoms with Gasteiger partial charge in [-0.15, -0.1) is 0 Å². The third-order valence-corrected chi connectivity index (χ3v) is 7.44. The fourth-order valence-electron chi connectivity index (χ4n) is 5.60. The van der Waals surface area contributed by atoms with Gasteiger partial charge < -0.3 is 24.6 Å². The fourth-order valence-corrected chi connectivity index (χ4v) is 5.60. The summed E-state index contributed by atoms with van der Waals surface area (Å²) in [6, 6.07) is 6.46. The fraction of sp³-hybridized carbons (Fsp3) is 0.667. The number of ether oxygens (including phenoxy) is 2. The van der Waals surface area contributed by atoms with E-state index in [9.17, 15) is 9.59 Å². The number of nitrogens with one attached hydrogen (secondary N) is 1. The molecule has 1 N–H and O–H groups in total. The second-order valence-electron chi connectivity index (χ2n) is 10.7. The number of fused-ring (bicyclic) bond motifs is 2. The molecular weight excluding hydrogens is 394 g/mol. The van der Waals surface area contributed by atoms with Gasteiger partial charge in [-0.25, -0.2) is 4.79 Å². The van der Waals surface area contributed by atoms with Crippen molar-refractivity contribution in [2.24, 2.45) is 5.41 Å². The van der Waals surface area contributed by atoms with Crippen LogP contribution in [0.5, 0.6) is 0 Å². The van der Waals surface area contributed by atoms with Gasteiger partial charge in [0.1, 0.15) is 5.60 Å². The highest BCUT2D eigenvalue weighted by Gasteiger charge is 2.49. The molecule has 5 rings (SSSR count). The number of piperidine rings is 1. The number of carbonyl (C=O) groups excluding carboxylic acids is 2. The Kier molecular flexibility index (Phi) is 4.73. The first-order valence-electron chi connectivity index (χ1n) is 11.5. The van der Waals surface area contributed by atoms with Crippen LogP contribution >= 0.6 is 0 Å². The molecule has 4 aliphatic heterocycles. The van der Waals surface area contributed by atoms with Crippen LogP contribution in [-0.2, 0) is 19.7 Å². The van der Waals surface area contributed by atoms with Crippen LogP contribution < -0.4 is 10.2 Å². The molecule has 0 bridgehead atoms. The summed E-state index contributed by atoms with van der Waals surface area (Å²) in [5, 5.41) is 3.13. The summed E-state index contributed by atoms with van der Waals surface area (Å²) in [5.41, 5.74) is 2.63. The third kappa shape index (κ3) is 3.56. The lowest BCUT2D eigenvalue weighted by molar-refractivity contribution is -0.124. The lowest BCUT2D eigenvalue weighted by atomic mass is 9.72. The number of carbonyl (C=O) groups is 2. The van der Waals surface area contributed by atoms with Gasteiger partial charge in [0.2, 0.25) is 5.91 Å². The van der Waals surface area contributed by atoms with Crippen LogP contribution in [0.2, 0.25) is 0 Å². The van der Waals surface area contributed by atoms with Crippen LogP contribution in [0.3, 0.4) is 0 Å². The van der Waals surface area contributed by atoms with E-state index >= 15 is 0 Å². The van der Waals surface area contributed by atoms with E-state index in [1.807, 2.05) is 25.7 Å². The SMILES string of the molecule is CC(C)(C)OC(=O)N1CC2(CCN(c3ccc4c(c3)NC(=O)C43CCOCC3)CC2)C1. The zero-order chi connectivity index (χ0) is 21.9. The molecular formula is C24H33N3O4. The first kappa shape index (κ1) is 20.6. The highest BCUT2D eigenvalue weighted by molar-refractivity contribution is 6.06. The number of nitrogens with zero attached hydrogens (tertiary/aromatic N) is 2. The average Bonchev–Trinajstić information content (AvgIpc) is 2.96. The zero-order valence-electron chi connectivity index (χ0n) is 18.8. The number of hydrogen-bond donors (Lipinski definition) is 1. The van der Waals surface area contributed by atoms with Gasteiger partial charge in [0, 0.05) is 56.2 Å². The van der Waals surface area contributed by atoms with Crippen molar-refractivity contribution in [1.29, 1.82) is 0 Å². The van der Waals surface area contributed by atoms with Gasteiger partial charge in [-0.05, 0) is 64.2 Å². The van der Waals surface area contributed by atoms with Crippen LogP contribution in [0.15, 0.2) is 18.2 Å². The predicted octanol–water partition coefficient (Wildman–Crippen LogP) is 3.52. The molecule has 2 amide bonds. The Morgan fingerprint density at radius 1 is 1.10 bits per heavy atom. The first-order valence-corrected chi connectivity index (χ1v) is 11.5. The maximum Gasteiger partial charge on any atom is 0.410 e. The normalized spacial score (nSPS) is 24.0. The van der Waals surface area contributed by atoms with E-state index in [-0.39, 0.29) is 17.4 Å². The molecule has 0 saturated carbocycles. The lowest BCUT2D eigenvalue weighted by Crippen LogP contribution is -2.62. The topological polar surface area (TPSA) is 71.1 Å². The third-order valence-electron chi connectivity index (χ3n) is 7.44. The first-order chi connectivity index (χ1) is 14.7. The van der Waals surface area contributed by atoms with E-state index < -0.39 is 11.0 Å². The summed E-state index contributed by atoms with van der Waals surface area (Å²) in [6.45, 7) is 10.5. The molecule has 0 atom stereocenters. The van der Waals surface area contributed by atoms with Crippen molar-refractivity contribution in [2.75, 3.05) is 49.6 Å². The summed E-state index contributed by atoms with van der Waals surface area (Å²) < 4.78 is 11.0. The minimum Gasteiger partial charge on any atom is -0.444 e. The van der Waals surface area contributed by atoms with Crippen molar-refractivity contribution in [1.82, 2.24) is 4.90 Å². The molecule has 3 saturated heterocycles. The highest BCUT2D eigenvalue weighted by atomic mass is 16.6. The zero-order valence-corrected chi connectivity index (χ0v) is 18.8. The molecule has 31 heavy (non-hydrogen) atoms. The maximum absolute atomic E-state index is 12.8. The van der Waals surface area contributed by atoms with Gasteiger partial charge in [-0.3, -0.25) is 4.79 Å². The minimum absolute atomic E-state index is 0.122. The largest absolute Gasteiger partial charge is 0.444 e. The summed E-state index contributed by atoms with van der Waals surface area (Å²) >= 11 is 0. The Morgan fingerprint density at radius 3 is 2.42 bits per heavy atom. The van der Waals surface area contributed by atoms with Crippen LogP contribution in [-0.4, -0.2) is 61.9 Å². The molecule has 0 aromatic heterocycles. The number of rotatable bonds is 1. The number of likely N-dealkylation sites (tertiary alicyclic amines) is 1. The van der Waals surface area contributed by atoms with Crippen LogP contribution in [0.4, 0.5) is 16.2 Å². The number of benzene rings is 1. The Bertz CT molecular complexity index is 885. The summed E-state index contributed by atoms with van der Waals surface area (Å²) in [5.74, 6) is 0.122. The van der Waals surface area contributed by atoms with Crippen molar-refractivity contribution in [2.45, 2.75) is 57.5 Å². The van der Waals surface area contributed by atoms with E-state index in [1.165, 1.54) is 5.69 Å². The van der Waals surface area contributed by atoms with Crippen molar-refractivity contribution in [3.63, 3.8) is 0 Å². The molecule has 168 valence electrons. The van der Waals surface area contributed by atoms with E-state index in [2.05, 4.69) is 28.4 Å². The van der Waals surface area contributed by atoms with Crippen LogP contribution in [0.25, 0.3) is 0 Å². The molecule has 4 heterocycles. The Balaban J connectivity index is 1.21. The molecule has 3 fully saturated rings. The van der Waals surface area contributed by atoms with Crippen molar-refractivity contribution < 1.29 is 19.1 Å². The molecule has 4 aliphatic rings. The molecule has 2 spiro atoms. The molecule has 0 radical (unpaired) electrons. The summed E-state index contributed by atoms with van der Waals surface area (Å²) in [4.78, 5) is 29.3. The number of amides is 2. The predicted molar refractivity (Wildman–Crippen MR) is 118 cm³/mol. The lowest BCUT2D eigenvalue weighted by Gasteiger charge is -2.54. The van der Waals surface area contributed by atoms with E-state index in [0.717, 1.165) is 63.1 Å². The van der Waals surface area contributed by atoms with Gasteiger partial charge in [0.05, 0.1) is 5.41 Å².